The Bertz CT molecular complexity index is 661. The van der Waals surface area contributed by atoms with Gasteiger partial charge < -0.3 is 10.6 Å². The Kier molecular flexibility index (Phi) is 4.88. The molecule has 0 spiro atoms. The van der Waals surface area contributed by atoms with Crippen LogP contribution in [0.3, 0.4) is 0 Å². The number of pyridine rings is 1. The smallest absolute Gasteiger partial charge is 0.274 e. The molecule has 2 rings (SSSR count). The first kappa shape index (κ1) is 15.7. The van der Waals surface area contributed by atoms with E-state index in [0.29, 0.717) is 23.0 Å². The molecule has 0 aliphatic heterocycles. The van der Waals surface area contributed by atoms with Crippen LogP contribution in [0.25, 0.3) is 0 Å². The summed E-state index contributed by atoms with van der Waals surface area (Å²) in [6, 6.07) is 10.6. The Hall–Kier alpha value is -2.69. The molecule has 1 amide bonds. The minimum atomic E-state index is -0.285. The average Bonchev–Trinajstić information content (AvgIpc) is 2.48. The molecule has 0 saturated carbocycles. The van der Waals surface area contributed by atoms with Crippen molar-refractivity contribution in [1.29, 1.82) is 0 Å². The van der Waals surface area contributed by atoms with Crippen LogP contribution < -0.4 is 10.6 Å². The second kappa shape index (κ2) is 6.85. The van der Waals surface area contributed by atoms with Crippen LogP contribution in [0.5, 0.6) is 0 Å². The number of hydrogen-bond acceptors (Lipinski definition) is 4. The predicted octanol–water partition coefficient (Wildman–Crippen LogP) is 3.36. The van der Waals surface area contributed by atoms with Gasteiger partial charge in [0.2, 0.25) is 0 Å². The summed E-state index contributed by atoms with van der Waals surface area (Å²) in [5, 5.41) is 5.96. The van der Waals surface area contributed by atoms with Gasteiger partial charge in [0.15, 0.2) is 5.78 Å². The van der Waals surface area contributed by atoms with Gasteiger partial charge in [0.1, 0.15) is 5.69 Å². The van der Waals surface area contributed by atoms with Crippen molar-refractivity contribution in [2.75, 3.05) is 10.6 Å². The van der Waals surface area contributed by atoms with E-state index in [4.69, 9.17) is 0 Å². The lowest BCUT2D eigenvalue weighted by molar-refractivity contribution is 0.101. The summed E-state index contributed by atoms with van der Waals surface area (Å²) in [5.41, 5.74) is 2.45. The van der Waals surface area contributed by atoms with Gasteiger partial charge in [0.05, 0.1) is 11.9 Å². The highest BCUT2D eigenvalue weighted by Gasteiger charge is 2.08. The molecule has 0 aliphatic carbocycles. The van der Waals surface area contributed by atoms with Crippen LogP contribution in [0.1, 0.15) is 41.6 Å². The van der Waals surface area contributed by atoms with E-state index in [0.717, 1.165) is 5.69 Å². The number of aromatic nitrogens is 1. The van der Waals surface area contributed by atoms with Gasteiger partial charge in [0.25, 0.3) is 5.91 Å². The Balaban J connectivity index is 2.03. The zero-order valence-corrected chi connectivity index (χ0v) is 12.9. The second-order valence-electron chi connectivity index (χ2n) is 5.32. The highest BCUT2D eigenvalue weighted by atomic mass is 16.2. The summed E-state index contributed by atoms with van der Waals surface area (Å²) in [7, 11) is 0. The van der Waals surface area contributed by atoms with Gasteiger partial charge in [-0.05, 0) is 57.2 Å². The van der Waals surface area contributed by atoms with Crippen molar-refractivity contribution < 1.29 is 9.59 Å². The van der Waals surface area contributed by atoms with Crippen molar-refractivity contribution in [2.24, 2.45) is 0 Å². The molecule has 2 N–H and O–H groups in total. The number of benzene rings is 1. The summed E-state index contributed by atoms with van der Waals surface area (Å²) >= 11 is 0. The fourth-order valence-electron chi connectivity index (χ4n) is 1.93. The van der Waals surface area contributed by atoms with E-state index in [2.05, 4.69) is 15.6 Å². The lowest BCUT2D eigenvalue weighted by Gasteiger charge is -2.10. The van der Waals surface area contributed by atoms with Gasteiger partial charge in [0, 0.05) is 17.3 Å². The Labute approximate surface area is 129 Å². The molecule has 0 atom stereocenters. The van der Waals surface area contributed by atoms with E-state index in [-0.39, 0.29) is 11.7 Å². The van der Waals surface area contributed by atoms with Crippen molar-refractivity contribution in [3.8, 4) is 0 Å². The molecule has 22 heavy (non-hydrogen) atoms. The first-order valence-electron chi connectivity index (χ1n) is 7.10. The standard InChI is InChI=1S/C17H19N3O2/c1-11(2)19-15-8-9-16(18-10-15)17(22)20-14-6-4-13(5-7-14)12(3)21/h4-11,19H,1-3H3,(H,20,22). The van der Waals surface area contributed by atoms with Gasteiger partial charge in [-0.3, -0.25) is 9.59 Å². The van der Waals surface area contributed by atoms with Crippen molar-refractivity contribution in [3.63, 3.8) is 0 Å². The van der Waals surface area contributed by atoms with Crippen LogP contribution in [-0.2, 0) is 0 Å². The monoisotopic (exact) mass is 297 g/mol. The van der Waals surface area contributed by atoms with E-state index in [1.807, 2.05) is 19.9 Å². The molecule has 0 radical (unpaired) electrons. The number of hydrogen-bond donors (Lipinski definition) is 2. The Morgan fingerprint density at radius 1 is 1.00 bits per heavy atom. The van der Waals surface area contributed by atoms with Gasteiger partial charge in [-0.1, -0.05) is 0 Å². The number of rotatable bonds is 5. The maximum Gasteiger partial charge on any atom is 0.274 e. The maximum absolute atomic E-state index is 12.1. The molecular weight excluding hydrogens is 278 g/mol. The molecule has 0 bridgehead atoms. The van der Waals surface area contributed by atoms with Gasteiger partial charge in [-0.2, -0.15) is 0 Å². The predicted molar refractivity (Wildman–Crippen MR) is 87.4 cm³/mol. The number of carbonyl (C=O) groups excluding carboxylic acids is 2. The number of nitrogens with zero attached hydrogens (tertiary/aromatic N) is 1. The van der Waals surface area contributed by atoms with E-state index >= 15 is 0 Å². The lowest BCUT2D eigenvalue weighted by Crippen LogP contribution is -2.14. The van der Waals surface area contributed by atoms with Crippen LogP contribution >= 0.6 is 0 Å². The third kappa shape index (κ3) is 4.15. The van der Waals surface area contributed by atoms with E-state index in [9.17, 15) is 9.59 Å². The van der Waals surface area contributed by atoms with E-state index in [1.54, 1.807) is 36.5 Å². The van der Waals surface area contributed by atoms with Crippen LogP contribution in [-0.4, -0.2) is 22.7 Å². The number of Topliss-reactive ketones (excluding diaryl/α,β-unsaturated/α-hetero) is 1. The Morgan fingerprint density at radius 3 is 2.14 bits per heavy atom. The largest absolute Gasteiger partial charge is 0.382 e. The molecule has 2 aromatic rings. The first-order chi connectivity index (χ1) is 10.5. The molecule has 1 heterocycles. The molecule has 1 aromatic heterocycles. The number of nitrogens with one attached hydrogen (secondary N) is 2. The maximum atomic E-state index is 12.1. The van der Waals surface area contributed by atoms with Crippen molar-refractivity contribution in [2.45, 2.75) is 26.8 Å². The number of ketones is 1. The van der Waals surface area contributed by atoms with Crippen molar-refractivity contribution in [3.05, 3.63) is 53.9 Å². The molecule has 5 heteroatoms. The summed E-state index contributed by atoms with van der Waals surface area (Å²) in [5.74, 6) is -0.292. The van der Waals surface area contributed by atoms with E-state index < -0.39 is 0 Å². The van der Waals surface area contributed by atoms with Crippen molar-refractivity contribution >= 4 is 23.1 Å². The van der Waals surface area contributed by atoms with E-state index in [1.165, 1.54) is 6.92 Å². The SMILES string of the molecule is CC(=O)c1ccc(NC(=O)c2ccc(NC(C)C)cn2)cc1. The summed E-state index contributed by atoms with van der Waals surface area (Å²) < 4.78 is 0. The topological polar surface area (TPSA) is 71.1 Å². The molecule has 1 aromatic carbocycles. The van der Waals surface area contributed by atoms with Crippen LogP contribution in [0, 0.1) is 0 Å². The molecule has 0 aliphatic rings. The zero-order chi connectivity index (χ0) is 16.1. The third-order valence-electron chi connectivity index (χ3n) is 3.00. The highest BCUT2D eigenvalue weighted by Crippen LogP contribution is 2.12. The molecule has 0 fully saturated rings. The molecule has 5 nitrogen and oxygen atoms in total. The quantitative estimate of drug-likeness (QED) is 0.830. The zero-order valence-electron chi connectivity index (χ0n) is 12.9. The van der Waals surface area contributed by atoms with Gasteiger partial charge in [-0.15, -0.1) is 0 Å². The molecule has 114 valence electrons. The highest BCUT2D eigenvalue weighted by molar-refractivity contribution is 6.03. The van der Waals surface area contributed by atoms with Gasteiger partial charge >= 0.3 is 0 Å². The average molecular weight is 297 g/mol. The summed E-state index contributed by atoms with van der Waals surface area (Å²) in [6.45, 7) is 5.57. The number of anilines is 2. The van der Waals surface area contributed by atoms with Crippen LogP contribution in [0.2, 0.25) is 0 Å². The fraction of sp³-hybridized carbons (Fsp3) is 0.235. The normalized spacial score (nSPS) is 10.4. The number of carbonyl (C=O) groups is 2. The third-order valence-corrected chi connectivity index (χ3v) is 3.00. The first-order valence-corrected chi connectivity index (χ1v) is 7.10. The van der Waals surface area contributed by atoms with Crippen LogP contribution in [0.4, 0.5) is 11.4 Å². The number of amides is 1. The Morgan fingerprint density at radius 2 is 1.64 bits per heavy atom. The molecule has 0 unspecified atom stereocenters. The lowest BCUT2D eigenvalue weighted by atomic mass is 10.1. The summed E-state index contributed by atoms with van der Waals surface area (Å²) in [4.78, 5) is 27.5. The fourth-order valence-corrected chi connectivity index (χ4v) is 1.93. The molecular formula is C17H19N3O2. The second-order valence-corrected chi connectivity index (χ2v) is 5.32. The van der Waals surface area contributed by atoms with Crippen LogP contribution in [0.15, 0.2) is 42.6 Å². The summed E-state index contributed by atoms with van der Waals surface area (Å²) in [6.07, 6.45) is 1.63. The molecule has 0 saturated heterocycles. The minimum Gasteiger partial charge on any atom is -0.382 e. The van der Waals surface area contributed by atoms with Gasteiger partial charge in [-0.25, -0.2) is 4.98 Å². The minimum absolute atomic E-state index is 0.00668. The van der Waals surface area contributed by atoms with Crippen molar-refractivity contribution in [1.82, 2.24) is 4.98 Å².